The van der Waals surface area contributed by atoms with E-state index in [1.54, 1.807) is 0 Å². The Balaban J connectivity index is 1.88. The van der Waals surface area contributed by atoms with E-state index in [2.05, 4.69) is 5.32 Å². The Bertz CT molecular complexity index is 353. The minimum atomic E-state index is -0.00635. The quantitative estimate of drug-likeness (QED) is 0.805. The number of piperidine rings is 1. The molecule has 2 amide bonds. The van der Waals surface area contributed by atoms with Crippen molar-refractivity contribution >= 4 is 11.8 Å². The van der Waals surface area contributed by atoms with Crippen molar-refractivity contribution < 1.29 is 9.59 Å². The molecule has 1 saturated carbocycles. The Morgan fingerprint density at radius 3 is 2.48 bits per heavy atom. The molecule has 1 aliphatic heterocycles. The van der Waals surface area contributed by atoms with Crippen LogP contribution in [0.15, 0.2) is 0 Å². The molecule has 0 aromatic heterocycles. The lowest BCUT2D eigenvalue weighted by Crippen LogP contribution is -2.51. The zero-order chi connectivity index (χ0) is 15.1. The second kappa shape index (κ2) is 8.37. The number of hydrogen-bond acceptors (Lipinski definition) is 3. The summed E-state index contributed by atoms with van der Waals surface area (Å²) >= 11 is 0. The van der Waals surface area contributed by atoms with E-state index in [9.17, 15) is 9.59 Å². The Labute approximate surface area is 127 Å². The van der Waals surface area contributed by atoms with Gasteiger partial charge in [-0.3, -0.25) is 9.59 Å². The van der Waals surface area contributed by atoms with E-state index in [1.807, 2.05) is 4.90 Å². The van der Waals surface area contributed by atoms with Gasteiger partial charge in [0.25, 0.3) is 0 Å². The maximum atomic E-state index is 12.7. The van der Waals surface area contributed by atoms with Crippen LogP contribution < -0.4 is 11.1 Å². The van der Waals surface area contributed by atoms with Gasteiger partial charge in [0.2, 0.25) is 11.8 Å². The summed E-state index contributed by atoms with van der Waals surface area (Å²) in [6, 6.07) is 0.176. The molecule has 2 fully saturated rings. The van der Waals surface area contributed by atoms with Gasteiger partial charge in [-0.25, -0.2) is 0 Å². The predicted molar refractivity (Wildman–Crippen MR) is 82.6 cm³/mol. The number of rotatable bonds is 5. The van der Waals surface area contributed by atoms with Crippen LogP contribution in [0, 0.1) is 5.92 Å². The number of carbonyl (C=O) groups excluding carboxylic acids is 2. The van der Waals surface area contributed by atoms with Crippen LogP contribution in [0.1, 0.15) is 57.8 Å². The minimum Gasteiger partial charge on any atom is -0.354 e. The van der Waals surface area contributed by atoms with Crippen LogP contribution in [-0.4, -0.2) is 42.4 Å². The molecule has 0 aromatic rings. The van der Waals surface area contributed by atoms with Crippen LogP contribution in [0.2, 0.25) is 0 Å². The number of hydrogen-bond donors (Lipinski definition) is 2. The summed E-state index contributed by atoms with van der Waals surface area (Å²) in [6.07, 6.45) is 9.32. The first kappa shape index (κ1) is 16.3. The van der Waals surface area contributed by atoms with Crippen molar-refractivity contribution in [3.63, 3.8) is 0 Å². The summed E-state index contributed by atoms with van der Waals surface area (Å²) in [4.78, 5) is 26.3. The lowest BCUT2D eigenvalue weighted by atomic mass is 9.87. The molecular formula is C16H29N3O2. The van der Waals surface area contributed by atoms with E-state index in [1.165, 1.54) is 19.3 Å². The lowest BCUT2D eigenvalue weighted by molar-refractivity contribution is -0.140. The maximum absolute atomic E-state index is 12.7. The number of carbonyl (C=O) groups is 2. The van der Waals surface area contributed by atoms with Gasteiger partial charge in [0.1, 0.15) is 0 Å². The molecule has 0 spiro atoms. The first-order valence-corrected chi connectivity index (χ1v) is 8.49. The zero-order valence-electron chi connectivity index (χ0n) is 13.0. The molecule has 5 nitrogen and oxygen atoms in total. The van der Waals surface area contributed by atoms with E-state index >= 15 is 0 Å². The smallest absolute Gasteiger partial charge is 0.225 e. The molecule has 2 aliphatic rings. The molecule has 1 aliphatic carbocycles. The molecule has 0 bridgehead atoms. The number of nitrogens with two attached hydrogens (primary N) is 1. The second-order valence-corrected chi connectivity index (χ2v) is 6.36. The van der Waals surface area contributed by atoms with E-state index in [0.717, 1.165) is 38.6 Å². The maximum Gasteiger partial charge on any atom is 0.225 e. The standard InChI is InChI=1S/C16H29N3O2/c17-10-9-15(20)18-12-14-8-4-5-11-19(14)16(21)13-6-2-1-3-7-13/h13-14H,1-12,17H2,(H,18,20). The molecule has 0 radical (unpaired) electrons. The molecule has 1 heterocycles. The largest absolute Gasteiger partial charge is 0.354 e. The first-order chi connectivity index (χ1) is 10.2. The zero-order valence-corrected chi connectivity index (χ0v) is 13.0. The highest BCUT2D eigenvalue weighted by molar-refractivity contribution is 5.79. The lowest BCUT2D eigenvalue weighted by Gasteiger charge is -2.38. The van der Waals surface area contributed by atoms with Gasteiger partial charge in [0, 0.05) is 38.0 Å². The van der Waals surface area contributed by atoms with Gasteiger partial charge in [0.05, 0.1) is 0 Å². The summed E-state index contributed by atoms with van der Waals surface area (Å²) < 4.78 is 0. The number of nitrogens with one attached hydrogen (secondary N) is 1. The number of amides is 2. The monoisotopic (exact) mass is 295 g/mol. The average molecular weight is 295 g/mol. The third-order valence-electron chi connectivity index (χ3n) is 4.77. The van der Waals surface area contributed by atoms with Crippen LogP contribution in [0.25, 0.3) is 0 Å². The van der Waals surface area contributed by atoms with Crippen molar-refractivity contribution in [2.45, 2.75) is 63.8 Å². The summed E-state index contributed by atoms with van der Waals surface area (Å²) in [5.74, 6) is 0.541. The molecule has 1 saturated heterocycles. The molecule has 3 N–H and O–H groups in total. The normalized spacial score (nSPS) is 23.9. The fourth-order valence-electron chi connectivity index (χ4n) is 3.54. The Morgan fingerprint density at radius 2 is 1.76 bits per heavy atom. The van der Waals surface area contributed by atoms with Crippen LogP contribution in [-0.2, 0) is 9.59 Å². The van der Waals surface area contributed by atoms with E-state index < -0.39 is 0 Å². The van der Waals surface area contributed by atoms with Gasteiger partial charge in [-0.1, -0.05) is 19.3 Å². The van der Waals surface area contributed by atoms with Crippen molar-refractivity contribution in [3.8, 4) is 0 Å². The van der Waals surface area contributed by atoms with Crippen LogP contribution in [0.4, 0.5) is 0 Å². The third-order valence-corrected chi connectivity index (χ3v) is 4.77. The highest BCUT2D eigenvalue weighted by atomic mass is 16.2. The van der Waals surface area contributed by atoms with E-state index in [-0.39, 0.29) is 17.9 Å². The molecule has 1 atom stereocenters. The van der Waals surface area contributed by atoms with Crippen LogP contribution in [0.3, 0.4) is 0 Å². The molecule has 21 heavy (non-hydrogen) atoms. The SMILES string of the molecule is NCCC(=O)NCC1CCCCN1C(=O)C1CCCCC1. The van der Waals surface area contributed by atoms with Crippen molar-refractivity contribution in [1.82, 2.24) is 10.2 Å². The predicted octanol–water partition coefficient (Wildman–Crippen LogP) is 1.41. The number of likely N-dealkylation sites (tertiary alicyclic amines) is 1. The Morgan fingerprint density at radius 1 is 1.05 bits per heavy atom. The van der Waals surface area contributed by atoms with Gasteiger partial charge in [0.15, 0.2) is 0 Å². The molecule has 1 unspecified atom stereocenters. The van der Waals surface area contributed by atoms with Gasteiger partial charge >= 0.3 is 0 Å². The van der Waals surface area contributed by atoms with E-state index in [4.69, 9.17) is 5.73 Å². The summed E-state index contributed by atoms with van der Waals surface area (Å²) in [7, 11) is 0. The van der Waals surface area contributed by atoms with E-state index in [0.29, 0.717) is 25.4 Å². The average Bonchev–Trinajstić information content (AvgIpc) is 2.54. The highest BCUT2D eigenvalue weighted by Gasteiger charge is 2.32. The summed E-state index contributed by atoms with van der Waals surface area (Å²) in [5, 5.41) is 2.93. The van der Waals surface area contributed by atoms with Gasteiger partial charge in [-0.15, -0.1) is 0 Å². The Kier molecular flexibility index (Phi) is 6.49. The molecule has 0 aromatic carbocycles. The fraction of sp³-hybridized carbons (Fsp3) is 0.875. The van der Waals surface area contributed by atoms with Crippen LogP contribution >= 0.6 is 0 Å². The third kappa shape index (κ3) is 4.70. The fourth-order valence-corrected chi connectivity index (χ4v) is 3.54. The topological polar surface area (TPSA) is 75.4 Å². The van der Waals surface area contributed by atoms with Crippen molar-refractivity contribution in [3.05, 3.63) is 0 Å². The van der Waals surface area contributed by atoms with Crippen LogP contribution in [0.5, 0.6) is 0 Å². The van der Waals surface area contributed by atoms with Crippen molar-refractivity contribution in [2.24, 2.45) is 11.7 Å². The molecule has 2 rings (SSSR count). The second-order valence-electron chi connectivity index (χ2n) is 6.36. The first-order valence-electron chi connectivity index (χ1n) is 8.49. The minimum absolute atomic E-state index is 0.00635. The van der Waals surface area contributed by atoms with Crippen molar-refractivity contribution in [1.29, 1.82) is 0 Å². The molecule has 120 valence electrons. The summed E-state index contributed by atoms with van der Waals surface area (Å²) in [5.41, 5.74) is 5.39. The summed E-state index contributed by atoms with van der Waals surface area (Å²) in [6.45, 7) is 1.81. The molecular weight excluding hydrogens is 266 g/mol. The molecule has 5 heteroatoms. The Hall–Kier alpha value is -1.10. The highest BCUT2D eigenvalue weighted by Crippen LogP contribution is 2.28. The van der Waals surface area contributed by atoms with Gasteiger partial charge in [-0.2, -0.15) is 0 Å². The van der Waals surface area contributed by atoms with Gasteiger partial charge in [-0.05, 0) is 32.1 Å². The van der Waals surface area contributed by atoms with Gasteiger partial charge < -0.3 is 16.0 Å². The van der Waals surface area contributed by atoms with Crippen molar-refractivity contribution in [2.75, 3.05) is 19.6 Å². The number of nitrogens with zero attached hydrogens (tertiary/aromatic N) is 1.